The van der Waals surface area contributed by atoms with Gasteiger partial charge in [0.25, 0.3) is 0 Å². The molecule has 8 N–H and O–H groups in total. The van der Waals surface area contributed by atoms with Crippen molar-refractivity contribution in [2.45, 2.75) is 74.8 Å². The van der Waals surface area contributed by atoms with Gasteiger partial charge < -0.3 is 59.8 Å². The van der Waals surface area contributed by atoms with Crippen molar-refractivity contribution >= 4 is 0 Å². The van der Waals surface area contributed by atoms with Crippen LogP contribution < -0.4 is 0 Å². The van der Waals surface area contributed by atoms with Crippen molar-refractivity contribution in [1.29, 1.82) is 0 Å². The molecule has 12 nitrogen and oxygen atoms in total. The van der Waals surface area contributed by atoms with Gasteiger partial charge in [-0.05, 0) is 31.0 Å². The van der Waals surface area contributed by atoms with Crippen LogP contribution in [0.1, 0.15) is 12.5 Å². The lowest BCUT2D eigenvalue weighted by Crippen LogP contribution is -2.64. The van der Waals surface area contributed by atoms with Crippen LogP contribution in [0.5, 0.6) is 11.5 Å². The Balaban J connectivity index is 1.64. The lowest BCUT2D eigenvalue weighted by atomic mass is 9.97. The average Bonchev–Trinajstić information content (AvgIpc) is 2.77. The third-order valence-corrected chi connectivity index (χ3v) is 5.63. The molecule has 0 spiro atoms. The summed E-state index contributed by atoms with van der Waals surface area (Å²) >= 11 is 0. The minimum absolute atomic E-state index is 0.0113. The third-order valence-electron chi connectivity index (χ3n) is 5.63. The van der Waals surface area contributed by atoms with Gasteiger partial charge in [-0.15, -0.1) is 0 Å². The molecule has 3 rings (SSSR count). The van der Waals surface area contributed by atoms with Gasteiger partial charge in [0.1, 0.15) is 42.7 Å². The van der Waals surface area contributed by atoms with Crippen LogP contribution in [0.15, 0.2) is 18.2 Å². The molecule has 10 atom stereocenters. The average molecular weight is 462 g/mol. The molecule has 1 aromatic carbocycles. The minimum Gasteiger partial charge on any atom is -0.504 e. The minimum atomic E-state index is -1.66. The van der Waals surface area contributed by atoms with Gasteiger partial charge in [-0.1, -0.05) is 6.07 Å². The third kappa shape index (κ3) is 5.31. The Hall–Kier alpha value is -1.58. The molecule has 182 valence electrons. The van der Waals surface area contributed by atoms with Gasteiger partial charge >= 0.3 is 0 Å². The van der Waals surface area contributed by atoms with Crippen molar-refractivity contribution < 1.29 is 59.8 Å². The van der Waals surface area contributed by atoms with Gasteiger partial charge in [-0.25, -0.2) is 0 Å². The molecule has 2 heterocycles. The van der Waals surface area contributed by atoms with E-state index in [0.29, 0.717) is 5.56 Å². The molecule has 32 heavy (non-hydrogen) atoms. The van der Waals surface area contributed by atoms with Crippen LogP contribution in [0.3, 0.4) is 0 Å². The maximum Gasteiger partial charge on any atom is 0.187 e. The van der Waals surface area contributed by atoms with Gasteiger partial charge in [0, 0.05) is 0 Å². The quantitative estimate of drug-likeness (QED) is 0.196. The number of ether oxygens (including phenoxy) is 4. The summed E-state index contributed by atoms with van der Waals surface area (Å²) in [7, 11) is 0. The van der Waals surface area contributed by atoms with Crippen molar-refractivity contribution in [3.05, 3.63) is 23.8 Å². The highest BCUT2D eigenvalue weighted by Crippen LogP contribution is 2.30. The molecule has 0 aromatic heterocycles. The molecule has 0 amide bonds. The lowest BCUT2D eigenvalue weighted by Gasteiger charge is -2.45. The van der Waals surface area contributed by atoms with Crippen LogP contribution in [0.2, 0.25) is 0 Å². The summed E-state index contributed by atoms with van der Waals surface area (Å²) in [6.45, 7) is 0.846. The Morgan fingerprint density at radius 3 is 2.22 bits per heavy atom. The molecule has 2 fully saturated rings. The maximum absolute atomic E-state index is 10.7. The zero-order valence-electron chi connectivity index (χ0n) is 17.3. The number of phenols is 2. The number of benzene rings is 1. The lowest BCUT2D eigenvalue weighted by molar-refractivity contribution is -0.357. The van der Waals surface area contributed by atoms with Gasteiger partial charge in [0.05, 0.1) is 19.3 Å². The first kappa shape index (κ1) is 25.1. The molecule has 2 aliphatic heterocycles. The fourth-order valence-corrected chi connectivity index (χ4v) is 3.65. The molecule has 2 saturated heterocycles. The van der Waals surface area contributed by atoms with Gasteiger partial charge in [0.2, 0.25) is 0 Å². The number of aromatic hydroxyl groups is 2. The molecule has 1 aromatic rings. The number of phenolic OH excluding ortho intramolecular Hbond substituents is 2. The van der Waals surface area contributed by atoms with E-state index in [1.165, 1.54) is 19.1 Å². The molecule has 0 aliphatic carbocycles. The van der Waals surface area contributed by atoms with Crippen LogP contribution in [0.4, 0.5) is 0 Å². The first-order valence-corrected chi connectivity index (χ1v) is 10.2. The number of hydrogen-bond donors (Lipinski definition) is 8. The van der Waals surface area contributed by atoms with E-state index in [-0.39, 0.29) is 24.5 Å². The maximum atomic E-state index is 10.7. The Bertz CT molecular complexity index is 747. The summed E-state index contributed by atoms with van der Waals surface area (Å²) in [4.78, 5) is 0. The predicted molar refractivity (Wildman–Crippen MR) is 104 cm³/mol. The predicted octanol–water partition coefficient (Wildman–Crippen LogP) is -2.69. The van der Waals surface area contributed by atoms with Crippen LogP contribution >= 0.6 is 0 Å². The highest BCUT2D eigenvalue weighted by atomic mass is 16.7. The van der Waals surface area contributed by atoms with Crippen LogP contribution in [-0.4, -0.2) is 115 Å². The first-order chi connectivity index (χ1) is 15.1. The highest BCUT2D eigenvalue weighted by Gasteiger charge is 2.50. The number of rotatable bonds is 7. The van der Waals surface area contributed by atoms with Crippen molar-refractivity contribution in [2.24, 2.45) is 0 Å². The molecule has 0 unspecified atom stereocenters. The highest BCUT2D eigenvalue weighted by molar-refractivity contribution is 5.40. The fourth-order valence-electron chi connectivity index (χ4n) is 3.65. The Kier molecular flexibility index (Phi) is 8.27. The van der Waals surface area contributed by atoms with Gasteiger partial charge in [-0.3, -0.25) is 0 Å². The standard InChI is InChI=1S/C20H30O12/c1-8-13(24)15(26)16(27)20(30-8)32-18-14(25)12(7-21)31-19(17(18)28)29-5-4-9-2-3-10(22)11(23)6-9/h2-3,6,8,12-28H,4-5,7H2,1H3/t8-,12-,13+,14-,15-,16-,17-,18+,19+,20+/m1/s1. The Morgan fingerprint density at radius 1 is 0.844 bits per heavy atom. The van der Waals surface area contributed by atoms with E-state index in [1.807, 2.05) is 0 Å². The largest absolute Gasteiger partial charge is 0.504 e. The summed E-state index contributed by atoms with van der Waals surface area (Å²) in [5.41, 5.74) is 0.636. The van der Waals surface area contributed by atoms with E-state index in [4.69, 9.17) is 18.9 Å². The van der Waals surface area contributed by atoms with Crippen molar-refractivity contribution in [2.75, 3.05) is 13.2 Å². The summed E-state index contributed by atoms with van der Waals surface area (Å²) in [6, 6.07) is 4.25. The number of hydrogen-bond acceptors (Lipinski definition) is 12. The van der Waals surface area contributed by atoms with E-state index in [1.54, 1.807) is 6.07 Å². The second-order valence-corrected chi connectivity index (χ2v) is 7.93. The van der Waals surface area contributed by atoms with Crippen molar-refractivity contribution in [3.8, 4) is 11.5 Å². The SMILES string of the molecule is C[C@H]1O[C@@H](O[C@@H]2[C@@H](O)[C@@H](OCCc3ccc(O)c(O)c3)O[C@H](CO)[C@H]2O)[C@H](O)[C@H](O)[C@H]1O. The summed E-state index contributed by atoms with van der Waals surface area (Å²) in [6.07, 6.45) is -13.7. The van der Waals surface area contributed by atoms with E-state index < -0.39 is 68.0 Å². The fraction of sp³-hybridized carbons (Fsp3) is 0.700. The molecule has 0 bridgehead atoms. The Morgan fingerprint density at radius 2 is 1.56 bits per heavy atom. The van der Waals surface area contributed by atoms with E-state index in [2.05, 4.69) is 0 Å². The van der Waals surface area contributed by atoms with Crippen LogP contribution in [0, 0.1) is 0 Å². The Labute approximate surface area is 183 Å². The van der Waals surface area contributed by atoms with E-state index in [9.17, 15) is 40.9 Å². The van der Waals surface area contributed by atoms with Crippen molar-refractivity contribution in [3.63, 3.8) is 0 Å². The number of aliphatic hydroxyl groups excluding tert-OH is 6. The zero-order chi connectivity index (χ0) is 23.6. The van der Waals surface area contributed by atoms with Gasteiger partial charge in [0.15, 0.2) is 24.1 Å². The molecule has 2 aliphatic rings. The molecule has 0 saturated carbocycles. The molecule has 0 radical (unpaired) electrons. The van der Waals surface area contributed by atoms with E-state index in [0.717, 1.165) is 0 Å². The normalized spacial score (nSPS) is 40.3. The van der Waals surface area contributed by atoms with E-state index >= 15 is 0 Å². The molecular formula is C20H30O12. The summed E-state index contributed by atoms with van der Waals surface area (Å²) < 4.78 is 21.8. The van der Waals surface area contributed by atoms with Crippen molar-refractivity contribution in [1.82, 2.24) is 0 Å². The second-order valence-electron chi connectivity index (χ2n) is 7.93. The van der Waals surface area contributed by atoms with Crippen LogP contribution in [-0.2, 0) is 25.4 Å². The summed E-state index contributed by atoms with van der Waals surface area (Å²) in [5.74, 6) is -0.555. The smallest absolute Gasteiger partial charge is 0.187 e. The first-order valence-electron chi connectivity index (χ1n) is 10.2. The zero-order valence-corrected chi connectivity index (χ0v) is 17.3. The van der Waals surface area contributed by atoms with Crippen LogP contribution in [0.25, 0.3) is 0 Å². The second kappa shape index (κ2) is 10.6. The summed E-state index contributed by atoms with van der Waals surface area (Å²) in [5, 5.41) is 79.5. The molecule has 12 heteroatoms. The topological polar surface area (TPSA) is 199 Å². The van der Waals surface area contributed by atoms with Gasteiger partial charge in [-0.2, -0.15) is 0 Å². The number of aliphatic hydroxyl groups is 6. The monoisotopic (exact) mass is 462 g/mol. The molecular weight excluding hydrogens is 432 g/mol.